The molecule has 0 fully saturated rings. The number of hydrogen-bond donors (Lipinski definition) is 1. The summed E-state index contributed by atoms with van der Waals surface area (Å²) >= 11 is 6.09. The lowest BCUT2D eigenvalue weighted by Gasteiger charge is -2.11. The molecule has 2 heterocycles. The fraction of sp³-hybridized carbons (Fsp3) is 0.0769. The fourth-order valence-corrected chi connectivity index (χ4v) is 4.04. The van der Waals surface area contributed by atoms with E-state index in [0.717, 1.165) is 38.8 Å². The number of ether oxygens (including phenoxy) is 1. The van der Waals surface area contributed by atoms with E-state index in [1.807, 2.05) is 77.5 Å². The summed E-state index contributed by atoms with van der Waals surface area (Å²) in [4.78, 5) is 16.2. The van der Waals surface area contributed by atoms with E-state index in [1.165, 1.54) is 0 Å². The quantitative estimate of drug-likeness (QED) is 0.341. The van der Waals surface area contributed by atoms with Gasteiger partial charge in [0, 0.05) is 28.5 Å². The highest BCUT2D eigenvalue weighted by Crippen LogP contribution is 2.28. The zero-order chi connectivity index (χ0) is 22.1. The van der Waals surface area contributed by atoms with Crippen LogP contribution in [0.4, 0.5) is 0 Å². The molecule has 0 amide bonds. The lowest BCUT2D eigenvalue weighted by atomic mass is 10.1. The molecule has 2 aromatic heterocycles. The number of benzene rings is 3. The van der Waals surface area contributed by atoms with Gasteiger partial charge in [0.15, 0.2) is 0 Å². The predicted molar refractivity (Wildman–Crippen MR) is 126 cm³/mol. The molecule has 6 heteroatoms. The van der Waals surface area contributed by atoms with Gasteiger partial charge in [0.1, 0.15) is 12.4 Å². The van der Waals surface area contributed by atoms with Gasteiger partial charge in [0.25, 0.3) is 0 Å². The van der Waals surface area contributed by atoms with Crippen LogP contribution >= 0.6 is 11.6 Å². The van der Waals surface area contributed by atoms with Crippen LogP contribution in [0.25, 0.3) is 21.8 Å². The Morgan fingerprint density at radius 1 is 1.00 bits per heavy atom. The van der Waals surface area contributed by atoms with Gasteiger partial charge in [-0.2, -0.15) is 0 Å². The first-order valence-electron chi connectivity index (χ1n) is 10.2. The molecule has 0 spiro atoms. The minimum absolute atomic E-state index is 0.309. The van der Waals surface area contributed by atoms with Gasteiger partial charge in [-0.1, -0.05) is 48.0 Å². The van der Waals surface area contributed by atoms with Gasteiger partial charge in [-0.25, -0.2) is 9.78 Å². The van der Waals surface area contributed by atoms with Crippen LogP contribution < -0.4 is 4.74 Å². The van der Waals surface area contributed by atoms with Crippen LogP contribution in [0.2, 0.25) is 5.02 Å². The number of fused-ring (bicyclic) bond motifs is 2. The average Bonchev–Trinajstić information content (AvgIpc) is 3.21. The van der Waals surface area contributed by atoms with Crippen LogP contribution in [0, 0.1) is 0 Å². The average molecular weight is 443 g/mol. The first-order chi connectivity index (χ1) is 15.6. The molecular weight excluding hydrogens is 424 g/mol. The second kappa shape index (κ2) is 8.36. The Bertz CT molecular complexity index is 1460. The lowest BCUT2D eigenvalue weighted by Crippen LogP contribution is -2.06. The van der Waals surface area contributed by atoms with Gasteiger partial charge >= 0.3 is 5.97 Å². The molecule has 158 valence electrons. The van der Waals surface area contributed by atoms with Gasteiger partial charge in [0.2, 0.25) is 0 Å². The zero-order valence-electron chi connectivity index (χ0n) is 17.0. The van der Waals surface area contributed by atoms with Gasteiger partial charge in [-0.05, 0) is 48.0 Å². The van der Waals surface area contributed by atoms with Crippen molar-refractivity contribution in [2.24, 2.45) is 0 Å². The third-order valence-electron chi connectivity index (χ3n) is 5.45. The number of carboxylic acids is 1. The molecule has 0 aliphatic heterocycles. The topological polar surface area (TPSA) is 64.3 Å². The number of rotatable bonds is 6. The first kappa shape index (κ1) is 20.1. The molecule has 0 aliphatic carbocycles. The molecule has 5 aromatic rings. The fourth-order valence-electron chi connectivity index (χ4n) is 3.87. The summed E-state index contributed by atoms with van der Waals surface area (Å²) < 4.78 is 8.14. The van der Waals surface area contributed by atoms with E-state index >= 15 is 0 Å². The zero-order valence-corrected chi connectivity index (χ0v) is 17.8. The van der Waals surface area contributed by atoms with Crippen molar-refractivity contribution in [1.29, 1.82) is 0 Å². The van der Waals surface area contributed by atoms with Gasteiger partial charge in [0.05, 0.1) is 22.3 Å². The smallest absolute Gasteiger partial charge is 0.336 e. The van der Waals surface area contributed by atoms with Crippen molar-refractivity contribution in [1.82, 2.24) is 9.55 Å². The van der Waals surface area contributed by atoms with E-state index in [0.29, 0.717) is 23.7 Å². The molecule has 5 rings (SSSR count). The molecule has 3 aromatic carbocycles. The van der Waals surface area contributed by atoms with Crippen molar-refractivity contribution in [3.05, 3.63) is 107 Å². The number of aromatic nitrogens is 2. The van der Waals surface area contributed by atoms with E-state index in [4.69, 9.17) is 16.3 Å². The summed E-state index contributed by atoms with van der Waals surface area (Å²) in [6, 6.07) is 24.5. The molecule has 0 saturated heterocycles. The summed E-state index contributed by atoms with van der Waals surface area (Å²) in [5.74, 6) is -0.175. The van der Waals surface area contributed by atoms with Gasteiger partial charge in [-0.15, -0.1) is 0 Å². The number of hydrogen-bond acceptors (Lipinski definition) is 3. The van der Waals surface area contributed by atoms with Crippen molar-refractivity contribution >= 4 is 39.4 Å². The summed E-state index contributed by atoms with van der Waals surface area (Å²) in [7, 11) is 0. The Morgan fingerprint density at radius 2 is 1.84 bits per heavy atom. The van der Waals surface area contributed by atoms with E-state index in [-0.39, 0.29) is 0 Å². The standard InChI is InChI=1S/C26H19ClN2O3/c27-19-10-8-17-9-11-20(28-23(17)14-19)16-32-25-7-3-6-24-22(25)12-13-29(24)15-18-4-1-2-5-21(18)26(30)31/h1-14H,15-16H2,(H,30,31). The van der Waals surface area contributed by atoms with Crippen molar-refractivity contribution in [2.75, 3.05) is 0 Å². The minimum Gasteiger partial charge on any atom is -0.487 e. The van der Waals surface area contributed by atoms with Gasteiger partial charge in [-0.3, -0.25) is 0 Å². The highest BCUT2D eigenvalue weighted by molar-refractivity contribution is 6.31. The maximum atomic E-state index is 11.5. The van der Waals surface area contributed by atoms with Gasteiger partial charge < -0.3 is 14.4 Å². The number of carboxylic acid groups (broad SMARTS) is 1. The number of pyridine rings is 1. The monoisotopic (exact) mass is 442 g/mol. The van der Waals surface area contributed by atoms with Crippen LogP contribution in [-0.4, -0.2) is 20.6 Å². The van der Waals surface area contributed by atoms with E-state index in [2.05, 4.69) is 4.98 Å². The Labute approximate surface area is 189 Å². The molecule has 0 saturated carbocycles. The van der Waals surface area contributed by atoms with E-state index in [9.17, 15) is 9.90 Å². The molecule has 0 unspecified atom stereocenters. The Balaban J connectivity index is 1.40. The molecule has 5 nitrogen and oxygen atoms in total. The maximum Gasteiger partial charge on any atom is 0.336 e. The third kappa shape index (κ3) is 3.90. The van der Waals surface area contributed by atoms with Crippen LogP contribution in [0.5, 0.6) is 5.75 Å². The minimum atomic E-state index is -0.926. The Hall–Kier alpha value is -3.83. The summed E-state index contributed by atoms with van der Waals surface area (Å²) in [5.41, 5.74) is 3.68. The van der Waals surface area contributed by atoms with E-state index in [1.54, 1.807) is 12.1 Å². The van der Waals surface area contributed by atoms with Crippen LogP contribution in [-0.2, 0) is 13.2 Å². The second-order valence-corrected chi connectivity index (χ2v) is 7.96. The number of aromatic carboxylic acids is 1. The van der Waals surface area contributed by atoms with Crippen LogP contribution in [0.1, 0.15) is 21.6 Å². The summed E-state index contributed by atoms with van der Waals surface area (Å²) in [5, 5.41) is 12.1. The largest absolute Gasteiger partial charge is 0.487 e. The normalized spacial score (nSPS) is 11.2. The predicted octanol–water partition coefficient (Wildman–Crippen LogP) is 6.17. The number of carbonyl (C=O) groups is 1. The highest BCUT2D eigenvalue weighted by Gasteiger charge is 2.12. The molecule has 0 atom stereocenters. The van der Waals surface area contributed by atoms with Crippen LogP contribution in [0.15, 0.2) is 85.1 Å². The van der Waals surface area contributed by atoms with E-state index < -0.39 is 5.97 Å². The SMILES string of the molecule is O=C(O)c1ccccc1Cn1ccc2c(OCc3ccc4ccc(Cl)cc4n3)cccc21. The number of halogens is 1. The molecule has 0 aliphatic rings. The molecule has 32 heavy (non-hydrogen) atoms. The molecule has 1 N–H and O–H groups in total. The highest BCUT2D eigenvalue weighted by atomic mass is 35.5. The molecule has 0 bridgehead atoms. The summed E-state index contributed by atoms with van der Waals surface area (Å²) in [6.07, 6.45) is 1.95. The molecular formula is C26H19ClN2O3. The van der Waals surface area contributed by atoms with Crippen molar-refractivity contribution in [2.45, 2.75) is 13.2 Å². The number of nitrogens with zero attached hydrogens (tertiary/aromatic N) is 2. The maximum absolute atomic E-state index is 11.5. The Kier molecular flexibility index (Phi) is 5.25. The summed E-state index contributed by atoms with van der Waals surface area (Å²) in [6.45, 7) is 0.789. The van der Waals surface area contributed by atoms with Crippen molar-refractivity contribution in [3.63, 3.8) is 0 Å². The first-order valence-corrected chi connectivity index (χ1v) is 10.5. The van der Waals surface area contributed by atoms with Crippen molar-refractivity contribution in [3.8, 4) is 5.75 Å². The second-order valence-electron chi connectivity index (χ2n) is 7.52. The van der Waals surface area contributed by atoms with Crippen molar-refractivity contribution < 1.29 is 14.6 Å². The molecule has 0 radical (unpaired) electrons. The van der Waals surface area contributed by atoms with Crippen LogP contribution in [0.3, 0.4) is 0 Å². The third-order valence-corrected chi connectivity index (χ3v) is 5.68. The Morgan fingerprint density at radius 3 is 2.72 bits per heavy atom. The lowest BCUT2D eigenvalue weighted by molar-refractivity contribution is 0.0695.